The van der Waals surface area contributed by atoms with E-state index < -0.39 is 12.1 Å². The fourth-order valence-corrected chi connectivity index (χ4v) is 3.93. The van der Waals surface area contributed by atoms with Gasteiger partial charge in [0.05, 0.1) is 17.8 Å². The van der Waals surface area contributed by atoms with Gasteiger partial charge in [-0.3, -0.25) is 4.79 Å². The van der Waals surface area contributed by atoms with Gasteiger partial charge in [0, 0.05) is 24.8 Å². The molecule has 190 valence electrons. The summed E-state index contributed by atoms with van der Waals surface area (Å²) in [5.74, 6) is 0.681. The van der Waals surface area contributed by atoms with E-state index in [-0.39, 0.29) is 41.8 Å². The number of carbonyl (C=O) groups excluding carboxylic acids is 1. The molecule has 0 bridgehead atoms. The lowest BCUT2D eigenvalue weighted by Gasteiger charge is -2.25. The average molecular weight is 513 g/mol. The molecule has 4 rings (SSSR count). The molecule has 3 heterocycles. The van der Waals surface area contributed by atoms with E-state index >= 15 is 0 Å². The fraction of sp³-hybridized carbons (Fsp3) is 0.400. The second-order valence-electron chi connectivity index (χ2n) is 8.85. The Labute approximate surface area is 215 Å². The lowest BCUT2D eigenvalue weighted by molar-refractivity contribution is -0.134. The lowest BCUT2D eigenvalue weighted by Crippen LogP contribution is -2.49. The van der Waals surface area contributed by atoms with E-state index in [1.165, 1.54) is 13.1 Å². The van der Waals surface area contributed by atoms with Crippen molar-refractivity contribution in [3.63, 3.8) is 0 Å². The number of nitrogens with two attached hydrogens (primary N) is 1. The highest BCUT2D eigenvalue weighted by Gasteiger charge is 2.26. The third-order valence-electron chi connectivity index (χ3n) is 5.88. The van der Waals surface area contributed by atoms with Crippen LogP contribution in [0.4, 0.5) is 0 Å². The lowest BCUT2D eigenvalue weighted by atomic mass is 10.00. The third kappa shape index (κ3) is 5.82. The molecular weight excluding hydrogens is 484 g/mol. The number of hydrogen-bond donors (Lipinski definition) is 2. The van der Waals surface area contributed by atoms with Crippen LogP contribution in [0.2, 0.25) is 0 Å². The Morgan fingerprint density at radius 3 is 2.58 bits per heavy atom. The van der Waals surface area contributed by atoms with E-state index in [9.17, 15) is 15.2 Å². The summed E-state index contributed by atoms with van der Waals surface area (Å²) in [6.07, 6.45) is 1.88. The predicted molar refractivity (Wildman–Crippen MR) is 134 cm³/mol. The van der Waals surface area contributed by atoms with Gasteiger partial charge in [-0.05, 0) is 56.9 Å². The van der Waals surface area contributed by atoms with E-state index in [2.05, 4.69) is 21.2 Å². The predicted octanol–water partition coefficient (Wildman–Crippen LogP) is 2.51. The van der Waals surface area contributed by atoms with E-state index in [1.807, 2.05) is 32.0 Å². The summed E-state index contributed by atoms with van der Waals surface area (Å²) in [7, 11) is 0. The maximum Gasteiger partial charge on any atom is 0.259 e. The van der Waals surface area contributed by atoms with Gasteiger partial charge in [0.2, 0.25) is 17.6 Å². The zero-order valence-corrected chi connectivity index (χ0v) is 21.2. The van der Waals surface area contributed by atoms with Gasteiger partial charge in [-0.25, -0.2) is 4.98 Å². The summed E-state index contributed by atoms with van der Waals surface area (Å²) in [6, 6.07) is 8.71. The first-order valence-corrected chi connectivity index (χ1v) is 11.5. The number of rotatable bonds is 6. The molecule has 0 saturated carbocycles. The number of fused-ring (bicyclic) bond motifs is 1. The van der Waals surface area contributed by atoms with E-state index in [0.717, 1.165) is 16.7 Å². The van der Waals surface area contributed by atoms with Crippen LogP contribution in [0.1, 0.15) is 37.5 Å². The van der Waals surface area contributed by atoms with Gasteiger partial charge in [-0.1, -0.05) is 17.3 Å². The standard InChI is InChI=1S/C25H28N6O4.ClH/c1-14(2)34-23-19(12-26)11-20(13-28-23)24-29-22(30-35-24)18-5-4-16-6-8-31(9-7-17(16)10-18)25(33)21(27)15(3)32;/h4-5,10-11,13-15,21,32H,6-9,27H2,1-3H3;1H/t15-,21+;/m1./s1. The topological polar surface area (TPSA) is 151 Å². The number of aromatic nitrogens is 3. The monoisotopic (exact) mass is 512 g/mol. The summed E-state index contributed by atoms with van der Waals surface area (Å²) in [5.41, 5.74) is 9.68. The van der Waals surface area contributed by atoms with Gasteiger partial charge in [0.1, 0.15) is 17.7 Å². The van der Waals surface area contributed by atoms with E-state index in [0.29, 0.717) is 37.3 Å². The van der Waals surface area contributed by atoms with Crippen LogP contribution in [0.25, 0.3) is 22.8 Å². The van der Waals surface area contributed by atoms with E-state index in [4.69, 9.17) is 15.0 Å². The van der Waals surface area contributed by atoms with Crippen molar-refractivity contribution in [3.05, 3.63) is 47.2 Å². The Bertz CT molecular complexity index is 1270. The number of pyridine rings is 1. The molecule has 2 atom stereocenters. The summed E-state index contributed by atoms with van der Waals surface area (Å²) < 4.78 is 11.0. The largest absolute Gasteiger partial charge is 0.474 e. The zero-order chi connectivity index (χ0) is 25.1. The quantitative estimate of drug-likeness (QED) is 0.507. The highest BCUT2D eigenvalue weighted by molar-refractivity contribution is 5.85. The molecule has 0 radical (unpaired) electrons. The Morgan fingerprint density at radius 1 is 1.19 bits per heavy atom. The molecular formula is C25H29ClN6O4. The van der Waals surface area contributed by atoms with Crippen LogP contribution in [0.5, 0.6) is 5.88 Å². The molecule has 1 aliphatic rings. The smallest absolute Gasteiger partial charge is 0.259 e. The van der Waals surface area contributed by atoms with Crippen LogP contribution >= 0.6 is 12.4 Å². The molecule has 0 fully saturated rings. The van der Waals surface area contributed by atoms with Crippen LogP contribution < -0.4 is 10.5 Å². The molecule has 36 heavy (non-hydrogen) atoms. The summed E-state index contributed by atoms with van der Waals surface area (Å²) >= 11 is 0. The van der Waals surface area contributed by atoms with Gasteiger partial charge < -0.3 is 25.0 Å². The van der Waals surface area contributed by atoms with Gasteiger partial charge in [-0.2, -0.15) is 10.2 Å². The number of carbonyl (C=O) groups is 1. The molecule has 1 aromatic carbocycles. The molecule has 0 unspecified atom stereocenters. The number of halogens is 1. The van der Waals surface area contributed by atoms with Crippen molar-refractivity contribution in [2.75, 3.05) is 13.1 Å². The summed E-state index contributed by atoms with van der Waals surface area (Å²) in [4.78, 5) is 23.0. The first-order valence-electron chi connectivity index (χ1n) is 11.5. The maximum atomic E-state index is 12.6. The highest BCUT2D eigenvalue weighted by atomic mass is 35.5. The molecule has 11 heteroatoms. The summed E-state index contributed by atoms with van der Waals surface area (Å²) in [5, 5.41) is 23.2. The molecule has 3 N–H and O–H groups in total. The number of amides is 1. The Kier molecular flexibility index (Phi) is 8.63. The first kappa shape index (κ1) is 27.1. The van der Waals surface area contributed by atoms with Crippen molar-refractivity contribution in [1.29, 1.82) is 5.26 Å². The third-order valence-corrected chi connectivity index (χ3v) is 5.88. The van der Waals surface area contributed by atoms with Crippen molar-refractivity contribution in [2.24, 2.45) is 5.73 Å². The minimum atomic E-state index is -0.924. The summed E-state index contributed by atoms with van der Waals surface area (Å²) in [6.45, 7) is 6.30. The molecule has 0 saturated heterocycles. The van der Waals surface area contributed by atoms with Crippen molar-refractivity contribution < 1.29 is 19.2 Å². The fourth-order valence-electron chi connectivity index (χ4n) is 3.93. The van der Waals surface area contributed by atoms with Crippen LogP contribution in [0.3, 0.4) is 0 Å². The number of ether oxygens (including phenoxy) is 1. The molecule has 0 aliphatic carbocycles. The van der Waals surface area contributed by atoms with Gasteiger partial charge in [-0.15, -0.1) is 12.4 Å². The SMILES string of the molecule is CC(C)Oc1ncc(-c2nc(-c3ccc4c(c3)CCN(C(=O)[C@@H](N)[C@@H](C)O)CC4)no2)cc1C#N.Cl. The van der Waals surface area contributed by atoms with Gasteiger partial charge >= 0.3 is 0 Å². The van der Waals surface area contributed by atoms with E-state index in [1.54, 1.807) is 11.0 Å². The van der Waals surface area contributed by atoms with Crippen molar-refractivity contribution in [3.8, 4) is 34.8 Å². The molecule has 3 aromatic rings. The number of hydrogen-bond acceptors (Lipinski definition) is 9. The van der Waals surface area contributed by atoms with Crippen LogP contribution in [0.15, 0.2) is 35.0 Å². The van der Waals surface area contributed by atoms with Gasteiger partial charge in [0.15, 0.2) is 0 Å². The Balaban J connectivity index is 0.00000361. The van der Waals surface area contributed by atoms with Crippen molar-refractivity contribution in [2.45, 2.75) is 51.9 Å². The number of benzene rings is 1. The highest BCUT2D eigenvalue weighted by Crippen LogP contribution is 2.28. The normalized spacial score (nSPS) is 14.8. The zero-order valence-electron chi connectivity index (χ0n) is 20.3. The average Bonchev–Trinajstić information content (AvgIpc) is 3.24. The second-order valence-corrected chi connectivity index (χ2v) is 8.85. The Hall–Kier alpha value is -3.52. The molecule has 1 aliphatic heterocycles. The van der Waals surface area contributed by atoms with Gasteiger partial charge in [0.25, 0.3) is 5.89 Å². The van der Waals surface area contributed by atoms with Crippen LogP contribution in [-0.4, -0.2) is 62.4 Å². The molecule has 2 aromatic heterocycles. The maximum absolute atomic E-state index is 12.6. The minimum absolute atomic E-state index is 0. The number of aliphatic hydroxyl groups excluding tert-OH is 1. The molecule has 10 nitrogen and oxygen atoms in total. The number of nitrogens with zero attached hydrogens (tertiary/aromatic N) is 5. The first-order chi connectivity index (χ1) is 16.8. The van der Waals surface area contributed by atoms with Crippen molar-refractivity contribution >= 4 is 18.3 Å². The number of nitriles is 1. The van der Waals surface area contributed by atoms with Crippen LogP contribution in [-0.2, 0) is 17.6 Å². The second kappa shape index (κ2) is 11.5. The minimum Gasteiger partial charge on any atom is -0.474 e. The Morgan fingerprint density at radius 2 is 1.92 bits per heavy atom. The van der Waals surface area contributed by atoms with Crippen LogP contribution in [0, 0.1) is 11.3 Å². The molecule has 0 spiro atoms. The van der Waals surface area contributed by atoms with Crippen molar-refractivity contribution in [1.82, 2.24) is 20.0 Å². The number of aliphatic hydroxyl groups is 1. The molecule has 1 amide bonds.